The van der Waals surface area contributed by atoms with Gasteiger partial charge < -0.3 is 14.2 Å². The average molecular weight is 383 g/mol. The van der Waals surface area contributed by atoms with Crippen molar-refractivity contribution in [2.75, 3.05) is 7.11 Å². The van der Waals surface area contributed by atoms with Crippen molar-refractivity contribution in [3.63, 3.8) is 0 Å². The molecule has 2 aromatic rings. The van der Waals surface area contributed by atoms with Gasteiger partial charge in [0.25, 0.3) is 0 Å². The van der Waals surface area contributed by atoms with Crippen LogP contribution in [-0.2, 0) is 17.8 Å². The van der Waals surface area contributed by atoms with Gasteiger partial charge in [-0.15, -0.1) is 0 Å². The van der Waals surface area contributed by atoms with Crippen LogP contribution in [0.4, 0.5) is 0 Å². The maximum Gasteiger partial charge on any atom is 0.310 e. The predicted molar refractivity (Wildman–Crippen MR) is 99.1 cm³/mol. The molecule has 0 N–H and O–H groups in total. The van der Waals surface area contributed by atoms with Crippen molar-refractivity contribution in [1.29, 1.82) is 0 Å². The molecule has 2 aromatic carbocycles. The number of methoxy groups -OCH3 is 1. The van der Waals surface area contributed by atoms with E-state index in [1.807, 2.05) is 6.92 Å². The third kappa shape index (κ3) is 4.80. The number of aryl methyl sites for hydroxylation is 1. The van der Waals surface area contributed by atoms with Gasteiger partial charge in [-0.05, 0) is 30.2 Å². The molecule has 25 heavy (non-hydrogen) atoms. The molecule has 0 atom stereocenters. The van der Waals surface area contributed by atoms with Crippen molar-refractivity contribution in [1.82, 2.24) is 0 Å². The van der Waals surface area contributed by atoms with Crippen molar-refractivity contribution >= 4 is 29.2 Å². The van der Waals surface area contributed by atoms with Gasteiger partial charge in [-0.25, -0.2) is 0 Å². The topological polar surface area (TPSA) is 44.8 Å². The monoisotopic (exact) mass is 382 g/mol. The highest BCUT2D eigenvalue weighted by molar-refractivity contribution is 6.34. The molecule has 0 heterocycles. The number of rotatable bonds is 7. The summed E-state index contributed by atoms with van der Waals surface area (Å²) in [7, 11) is 1.55. The van der Waals surface area contributed by atoms with Crippen LogP contribution in [0.5, 0.6) is 17.2 Å². The van der Waals surface area contributed by atoms with Gasteiger partial charge in [-0.3, -0.25) is 4.79 Å². The zero-order valence-electron chi connectivity index (χ0n) is 14.4. The molecule has 0 aliphatic heterocycles. The summed E-state index contributed by atoms with van der Waals surface area (Å²) in [6.07, 6.45) is 1.06. The highest BCUT2D eigenvalue weighted by atomic mass is 35.5. The fourth-order valence-electron chi connectivity index (χ4n) is 2.27. The Morgan fingerprint density at radius 2 is 1.76 bits per heavy atom. The molecule has 0 bridgehead atoms. The summed E-state index contributed by atoms with van der Waals surface area (Å²) in [4.78, 5) is 11.6. The molecule has 0 unspecified atom stereocenters. The molecule has 0 amide bonds. The van der Waals surface area contributed by atoms with Gasteiger partial charge in [0.1, 0.15) is 23.9 Å². The summed E-state index contributed by atoms with van der Waals surface area (Å²) in [6, 6.07) is 8.70. The molecule has 4 nitrogen and oxygen atoms in total. The molecule has 6 heteroatoms. The molecule has 0 fully saturated rings. The normalized spacial score (nSPS) is 10.4. The summed E-state index contributed by atoms with van der Waals surface area (Å²) >= 11 is 12.5. The van der Waals surface area contributed by atoms with E-state index < -0.39 is 0 Å². The first kappa shape index (κ1) is 19.4. The van der Waals surface area contributed by atoms with E-state index in [-0.39, 0.29) is 19.0 Å². The number of ether oxygens (including phenoxy) is 3. The standard InChI is InChI=1S/C19H20Cl2O4/c1-4-12-9-15(21)18(10-14(12)20)24-11-13-16(23-3)7-6-8-17(13)25-19(22)5-2/h6-10H,4-5,11H2,1-3H3. The van der Waals surface area contributed by atoms with Crippen LogP contribution in [0.2, 0.25) is 10.0 Å². The van der Waals surface area contributed by atoms with Crippen molar-refractivity contribution < 1.29 is 19.0 Å². The minimum Gasteiger partial charge on any atom is -0.496 e. The number of hydrogen-bond donors (Lipinski definition) is 0. The lowest BCUT2D eigenvalue weighted by Gasteiger charge is -2.15. The number of carbonyl (C=O) groups is 1. The van der Waals surface area contributed by atoms with Crippen molar-refractivity contribution in [2.24, 2.45) is 0 Å². The van der Waals surface area contributed by atoms with E-state index in [2.05, 4.69) is 0 Å². The summed E-state index contributed by atoms with van der Waals surface area (Å²) in [5, 5.41) is 1.07. The molecular formula is C19H20Cl2O4. The number of carbonyl (C=O) groups excluding carboxylic acids is 1. The molecule has 0 saturated carbocycles. The zero-order chi connectivity index (χ0) is 18.4. The van der Waals surface area contributed by atoms with Crippen LogP contribution in [0.1, 0.15) is 31.4 Å². The lowest BCUT2D eigenvalue weighted by Crippen LogP contribution is -2.09. The molecule has 2 rings (SSSR count). The van der Waals surface area contributed by atoms with Gasteiger partial charge in [0, 0.05) is 17.5 Å². The fraction of sp³-hybridized carbons (Fsp3) is 0.316. The SMILES string of the molecule is CCC(=O)Oc1cccc(OC)c1COc1cc(Cl)c(CC)cc1Cl. The van der Waals surface area contributed by atoms with Gasteiger partial charge >= 0.3 is 5.97 Å². The maximum atomic E-state index is 11.6. The predicted octanol–water partition coefficient (Wildman–Crippen LogP) is 5.46. The van der Waals surface area contributed by atoms with Gasteiger partial charge in [-0.1, -0.05) is 43.1 Å². The van der Waals surface area contributed by atoms with Crippen LogP contribution in [0, 0.1) is 0 Å². The second-order valence-electron chi connectivity index (χ2n) is 5.28. The first-order chi connectivity index (χ1) is 12.0. The van der Waals surface area contributed by atoms with Gasteiger partial charge in [0.2, 0.25) is 0 Å². The zero-order valence-corrected chi connectivity index (χ0v) is 15.9. The summed E-state index contributed by atoms with van der Waals surface area (Å²) in [5.74, 6) is 1.10. The minimum atomic E-state index is -0.331. The second-order valence-corrected chi connectivity index (χ2v) is 6.10. The van der Waals surface area contributed by atoms with Gasteiger partial charge in [-0.2, -0.15) is 0 Å². The highest BCUT2D eigenvalue weighted by Crippen LogP contribution is 2.34. The third-order valence-electron chi connectivity index (χ3n) is 3.68. The van der Waals surface area contributed by atoms with Crippen LogP contribution >= 0.6 is 23.2 Å². The Labute approximate surface area is 157 Å². The Hall–Kier alpha value is -1.91. The first-order valence-corrected chi connectivity index (χ1v) is 8.73. The van der Waals surface area contributed by atoms with E-state index in [1.165, 1.54) is 0 Å². The van der Waals surface area contributed by atoms with Crippen LogP contribution < -0.4 is 14.2 Å². The van der Waals surface area contributed by atoms with E-state index in [1.54, 1.807) is 44.4 Å². The number of esters is 1. The van der Waals surface area contributed by atoms with E-state index in [4.69, 9.17) is 37.4 Å². The quantitative estimate of drug-likeness (QED) is 0.471. The van der Waals surface area contributed by atoms with Crippen molar-refractivity contribution in [3.8, 4) is 17.2 Å². The Bertz CT molecular complexity index is 759. The lowest BCUT2D eigenvalue weighted by atomic mass is 10.1. The summed E-state index contributed by atoms with van der Waals surface area (Å²) in [6.45, 7) is 3.86. The van der Waals surface area contributed by atoms with Crippen LogP contribution in [0.25, 0.3) is 0 Å². The highest BCUT2D eigenvalue weighted by Gasteiger charge is 2.15. The molecule has 0 aliphatic rings. The van der Waals surface area contributed by atoms with E-state index >= 15 is 0 Å². The Balaban J connectivity index is 2.28. The third-order valence-corrected chi connectivity index (χ3v) is 4.32. The first-order valence-electron chi connectivity index (χ1n) is 7.97. The smallest absolute Gasteiger partial charge is 0.310 e. The fourth-order valence-corrected chi connectivity index (χ4v) is 2.80. The molecule has 134 valence electrons. The molecule has 0 aliphatic carbocycles. The van der Waals surface area contributed by atoms with Crippen LogP contribution in [0.3, 0.4) is 0 Å². The largest absolute Gasteiger partial charge is 0.496 e. The maximum absolute atomic E-state index is 11.6. The lowest BCUT2D eigenvalue weighted by molar-refractivity contribution is -0.134. The van der Waals surface area contributed by atoms with Crippen LogP contribution in [-0.4, -0.2) is 13.1 Å². The van der Waals surface area contributed by atoms with E-state index in [0.717, 1.165) is 12.0 Å². The molecule has 0 saturated heterocycles. The minimum absolute atomic E-state index is 0.123. The molecule has 0 spiro atoms. The van der Waals surface area contributed by atoms with E-state index in [0.29, 0.717) is 32.9 Å². The van der Waals surface area contributed by atoms with Gasteiger partial charge in [0.05, 0.1) is 17.7 Å². The average Bonchev–Trinajstić information content (AvgIpc) is 2.62. The Morgan fingerprint density at radius 1 is 1.04 bits per heavy atom. The number of benzene rings is 2. The summed E-state index contributed by atoms with van der Waals surface area (Å²) < 4.78 is 16.5. The Morgan fingerprint density at radius 3 is 2.40 bits per heavy atom. The Kier molecular flexibility index (Phi) is 6.97. The molecule has 0 radical (unpaired) electrons. The van der Waals surface area contributed by atoms with Crippen molar-refractivity contribution in [3.05, 3.63) is 51.5 Å². The second kappa shape index (κ2) is 8.97. The number of halogens is 2. The van der Waals surface area contributed by atoms with Crippen LogP contribution in [0.15, 0.2) is 30.3 Å². The molecular weight excluding hydrogens is 363 g/mol. The van der Waals surface area contributed by atoms with Crippen molar-refractivity contribution in [2.45, 2.75) is 33.3 Å². The number of hydrogen-bond acceptors (Lipinski definition) is 4. The van der Waals surface area contributed by atoms with E-state index in [9.17, 15) is 4.79 Å². The molecule has 0 aromatic heterocycles. The summed E-state index contributed by atoms with van der Waals surface area (Å²) in [5.41, 5.74) is 1.58. The van der Waals surface area contributed by atoms with Gasteiger partial charge in [0.15, 0.2) is 0 Å².